The Kier molecular flexibility index (Phi) is 6.49. The van der Waals surface area contributed by atoms with E-state index >= 15 is 0 Å². The average Bonchev–Trinajstić information content (AvgIpc) is 2.80. The second kappa shape index (κ2) is 9.31. The molecule has 3 aromatic carbocycles. The molecule has 0 bridgehead atoms. The third-order valence-corrected chi connectivity index (χ3v) is 5.86. The molecular formula is C26H21ClF3NO. The summed E-state index contributed by atoms with van der Waals surface area (Å²) in [6.45, 7) is 1.42. The molecule has 0 unspecified atom stereocenters. The van der Waals surface area contributed by atoms with E-state index in [1.165, 1.54) is 12.1 Å². The van der Waals surface area contributed by atoms with Crippen molar-refractivity contribution in [2.24, 2.45) is 0 Å². The topological polar surface area (TPSA) is 20.3 Å². The van der Waals surface area contributed by atoms with Crippen molar-refractivity contribution >= 4 is 23.0 Å². The van der Waals surface area contributed by atoms with Crippen LogP contribution in [-0.4, -0.2) is 30.3 Å². The van der Waals surface area contributed by atoms with Gasteiger partial charge in [0, 0.05) is 23.7 Å². The first kappa shape index (κ1) is 22.3. The second-order valence-corrected chi connectivity index (χ2v) is 8.24. The maximum atomic E-state index is 13.0. The van der Waals surface area contributed by atoms with Crippen LogP contribution in [0.5, 0.6) is 0 Å². The van der Waals surface area contributed by atoms with Gasteiger partial charge in [0.2, 0.25) is 0 Å². The molecule has 3 aromatic rings. The molecule has 0 saturated heterocycles. The van der Waals surface area contributed by atoms with Crippen molar-refractivity contribution in [2.45, 2.75) is 12.6 Å². The molecule has 32 heavy (non-hydrogen) atoms. The summed E-state index contributed by atoms with van der Waals surface area (Å²) in [5.41, 5.74) is 3.49. The van der Waals surface area contributed by atoms with E-state index in [2.05, 4.69) is 0 Å². The summed E-state index contributed by atoms with van der Waals surface area (Å²) in [7, 11) is 0. The standard InChI is InChI=1S/C26H21ClF3NO/c27-24-10-8-19(9-11-24)18-4-6-21(7-5-18)25(32)17-31-14-12-20(13-15-31)22-2-1-3-23(16-22)26(28,29)30/h1-12,16H,13-15,17H2. The molecule has 0 radical (unpaired) electrons. The van der Waals surface area contributed by atoms with E-state index in [9.17, 15) is 18.0 Å². The number of halogens is 4. The Morgan fingerprint density at radius 1 is 0.906 bits per heavy atom. The van der Waals surface area contributed by atoms with Gasteiger partial charge in [0.05, 0.1) is 12.1 Å². The smallest absolute Gasteiger partial charge is 0.293 e. The summed E-state index contributed by atoms with van der Waals surface area (Å²) in [6, 6.07) is 20.4. The van der Waals surface area contributed by atoms with Gasteiger partial charge in [-0.3, -0.25) is 9.69 Å². The van der Waals surface area contributed by atoms with Gasteiger partial charge in [0.15, 0.2) is 5.78 Å². The number of ketones is 1. The quantitative estimate of drug-likeness (QED) is 0.386. The second-order valence-electron chi connectivity index (χ2n) is 7.80. The Morgan fingerprint density at radius 3 is 2.16 bits per heavy atom. The number of carbonyl (C=O) groups is 1. The third-order valence-electron chi connectivity index (χ3n) is 5.61. The minimum absolute atomic E-state index is 0.0172. The fraction of sp³-hybridized carbons (Fsp3) is 0.192. The summed E-state index contributed by atoms with van der Waals surface area (Å²) in [5, 5.41) is 0.673. The molecule has 1 heterocycles. The van der Waals surface area contributed by atoms with Gasteiger partial charge >= 0.3 is 6.18 Å². The maximum Gasteiger partial charge on any atom is 0.416 e. The average molecular weight is 456 g/mol. The van der Waals surface area contributed by atoms with Gasteiger partial charge in [-0.1, -0.05) is 66.2 Å². The van der Waals surface area contributed by atoms with Crippen molar-refractivity contribution in [1.82, 2.24) is 4.90 Å². The normalized spacial score (nSPS) is 14.8. The molecule has 6 heteroatoms. The first-order valence-electron chi connectivity index (χ1n) is 10.3. The molecule has 0 spiro atoms. The van der Waals surface area contributed by atoms with Crippen LogP contribution in [0.1, 0.15) is 27.9 Å². The number of Topliss-reactive ketones (excluding diaryl/α,β-unsaturated/α-hetero) is 1. The Balaban J connectivity index is 1.38. The van der Waals surface area contributed by atoms with Gasteiger partial charge in [-0.2, -0.15) is 13.2 Å². The van der Waals surface area contributed by atoms with Gasteiger partial charge in [0.25, 0.3) is 0 Å². The SMILES string of the molecule is O=C(CN1CC=C(c2cccc(C(F)(F)F)c2)CC1)c1ccc(-c2ccc(Cl)cc2)cc1. The molecular weight excluding hydrogens is 435 g/mol. The molecule has 0 amide bonds. The van der Waals surface area contributed by atoms with E-state index < -0.39 is 11.7 Å². The fourth-order valence-electron chi connectivity index (χ4n) is 3.80. The minimum atomic E-state index is -4.35. The molecule has 0 N–H and O–H groups in total. The predicted molar refractivity (Wildman–Crippen MR) is 122 cm³/mol. The third kappa shape index (κ3) is 5.29. The van der Waals surface area contributed by atoms with Gasteiger partial charge in [-0.05, 0) is 52.9 Å². The highest BCUT2D eigenvalue weighted by molar-refractivity contribution is 6.30. The highest BCUT2D eigenvalue weighted by Crippen LogP contribution is 2.32. The lowest BCUT2D eigenvalue weighted by atomic mass is 9.97. The van der Waals surface area contributed by atoms with Crippen molar-refractivity contribution in [3.05, 3.63) is 101 Å². The van der Waals surface area contributed by atoms with Crippen LogP contribution in [0.2, 0.25) is 5.02 Å². The van der Waals surface area contributed by atoms with Gasteiger partial charge in [-0.15, -0.1) is 0 Å². The van der Waals surface area contributed by atoms with Crippen LogP contribution in [0.4, 0.5) is 13.2 Å². The molecule has 0 saturated carbocycles. The van der Waals surface area contributed by atoms with E-state index in [-0.39, 0.29) is 12.3 Å². The van der Waals surface area contributed by atoms with Crippen LogP contribution < -0.4 is 0 Å². The molecule has 164 valence electrons. The Hall–Kier alpha value is -2.89. The summed E-state index contributed by atoms with van der Waals surface area (Å²) in [5.74, 6) is 0.0172. The molecule has 0 aliphatic carbocycles. The monoisotopic (exact) mass is 455 g/mol. The molecule has 0 atom stereocenters. The summed E-state index contributed by atoms with van der Waals surface area (Å²) in [4.78, 5) is 14.7. The van der Waals surface area contributed by atoms with E-state index in [0.29, 0.717) is 35.7 Å². The Bertz CT molecular complexity index is 1130. The van der Waals surface area contributed by atoms with Crippen LogP contribution in [-0.2, 0) is 6.18 Å². The lowest BCUT2D eigenvalue weighted by Gasteiger charge is -2.26. The van der Waals surface area contributed by atoms with E-state index in [4.69, 9.17) is 11.6 Å². The zero-order chi connectivity index (χ0) is 22.7. The molecule has 0 fully saturated rings. The van der Waals surface area contributed by atoms with E-state index in [1.807, 2.05) is 59.5 Å². The zero-order valence-corrected chi connectivity index (χ0v) is 18.0. The molecule has 0 aromatic heterocycles. The van der Waals surface area contributed by atoms with Crippen molar-refractivity contribution in [3.63, 3.8) is 0 Å². The van der Waals surface area contributed by atoms with Crippen LogP contribution >= 0.6 is 11.6 Å². The Morgan fingerprint density at radius 2 is 1.56 bits per heavy atom. The van der Waals surface area contributed by atoms with E-state index in [0.717, 1.165) is 22.8 Å². The lowest BCUT2D eigenvalue weighted by molar-refractivity contribution is -0.137. The van der Waals surface area contributed by atoms with Crippen molar-refractivity contribution in [2.75, 3.05) is 19.6 Å². The minimum Gasteiger partial charge on any atom is -0.293 e. The predicted octanol–water partition coefficient (Wildman–Crippen LogP) is 7.00. The lowest BCUT2D eigenvalue weighted by Crippen LogP contribution is -2.33. The number of hydrogen-bond acceptors (Lipinski definition) is 2. The van der Waals surface area contributed by atoms with E-state index in [1.54, 1.807) is 6.07 Å². The van der Waals surface area contributed by atoms with Gasteiger partial charge in [-0.25, -0.2) is 0 Å². The largest absolute Gasteiger partial charge is 0.416 e. The summed E-state index contributed by atoms with van der Waals surface area (Å²) in [6.07, 6.45) is -1.84. The number of rotatable bonds is 5. The molecule has 2 nitrogen and oxygen atoms in total. The number of benzene rings is 3. The first-order chi connectivity index (χ1) is 15.3. The van der Waals surface area contributed by atoms with Crippen molar-refractivity contribution in [3.8, 4) is 11.1 Å². The summed E-state index contributed by atoms with van der Waals surface area (Å²) < 4.78 is 38.9. The summed E-state index contributed by atoms with van der Waals surface area (Å²) >= 11 is 5.93. The van der Waals surface area contributed by atoms with Crippen molar-refractivity contribution in [1.29, 1.82) is 0 Å². The van der Waals surface area contributed by atoms with Crippen LogP contribution in [0.25, 0.3) is 16.7 Å². The fourth-order valence-corrected chi connectivity index (χ4v) is 3.92. The van der Waals surface area contributed by atoms with Crippen LogP contribution in [0, 0.1) is 0 Å². The highest BCUT2D eigenvalue weighted by Gasteiger charge is 2.30. The van der Waals surface area contributed by atoms with Gasteiger partial charge in [0.1, 0.15) is 0 Å². The maximum absolute atomic E-state index is 13.0. The highest BCUT2D eigenvalue weighted by atomic mass is 35.5. The molecule has 1 aliphatic heterocycles. The van der Waals surface area contributed by atoms with Crippen LogP contribution in [0.3, 0.4) is 0 Å². The first-order valence-corrected chi connectivity index (χ1v) is 10.7. The molecule has 1 aliphatic rings. The van der Waals surface area contributed by atoms with Gasteiger partial charge < -0.3 is 0 Å². The zero-order valence-electron chi connectivity index (χ0n) is 17.2. The van der Waals surface area contributed by atoms with Crippen LogP contribution in [0.15, 0.2) is 78.9 Å². The number of carbonyl (C=O) groups excluding carboxylic acids is 1. The Labute approximate surface area is 189 Å². The van der Waals surface area contributed by atoms with Crippen molar-refractivity contribution < 1.29 is 18.0 Å². The number of nitrogens with zero attached hydrogens (tertiary/aromatic N) is 1. The number of alkyl halides is 3. The number of hydrogen-bond donors (Lipinski definition) is 0. The molecule has 4 rings (SSSR count).